The second-order valence-corrected chi connectivity index (χ2v) is 8.57. The van der Waals surface area contributed by atoms with Crippen LogP contribution in [0.25, 0.3) is 0 Å². The zero-order chi connectivity index (χ0) is 28.1. The Morgan fingerprint density at radius 2 is 1.26 bits per heavy atom. The summed E-state index contributed by atoms with van der Waals surface area (Å²) in [6, 6.07) is 7.30. The van der Waals surface area contributed by atoms with Crippen LogP contribution >= 0.6 is 0 Å². The molecule has 1 aromatic rings. The van der Waals surface area contributed by atoms with Gasteiger partial charge in [0, 0.05) is 25.1 Å². The predicted molar refractivity (Wildman–Crippen MR) is 140 cm³/mol. The number of aryl methyl sites for hydroxylation is 1. The maximum atomic E-state index is 12.1. The Balaban J connectivity index is 1.35. The molecule has 3 amide bonds. The van der Waals surface area contributed by atoms with E-state index in [1.165, 1.54) is 12.0 Å². The van der Waals surface area contributed by atoms with Crippen molar-refractivity contribution in [2.75, 3.05) is 85.0 Å². The summed E-state index contributed by atoms with van der Waals surface area (Å²) in [5, 5.41) is 2.81. The average molecular weight is 553 g/mol. The number of methoxy groups -OCH3 is 1. The van der Waals surface area contributed by atoms with E-state index >= 15 is 0 Å². The number of imide groups is 1. The molecule has 0 bridgehead atoms. The monoisotopic (exact) mass is 552 g/mol. The lowest BCUT2D eigenvalue weighted by Gasteiger charge is -2.28. The van der Waals surface area contributed by atoms with Crippen molar-refractivity contribution < 1.29 is 47.6 Å². The van der Waals surface area contributed by atoms with Gasteiger partial charge in [-0.15, -0.1) is 0 Å². The van der Waals surface area contributed by atoms with Gasteiger partial charge in [-0.3, -0.25) is 24.1 Å². The van der Waals surface area contributed by atoms with Gasteiger partial charge in [0.15, 0.2) is 0 Å². The lowest BCUT2D eigenvalue weighted by Crippen LogP contribution is -2.47. The van der Waals surface area contributed by atoms with Crippen LogP contribution in [0.15, 0.2) is 24.3 Å². The SMILES string of the molecule is COC(=O)CCOCCOCCOCCOCCOCCC(=O)Nc1ccc(CCC(=O)N2CCC2=O)cc1. The van der Waals surface area contributed by atoms with Gasteiger partial charge in [0.05, 0.1) is 86.0 Å². The van der Waals surface area contributed by atoms with Gasteiger partial charge in [-0.25, -0.2) is 0 Å². The largest absolute Gasteiger partial charge is 0.469 e. The quantitative estimate of drug-likeness (QED) is 0.127. The average Bonchev–Trinajstić information content (AvgIpc) is 2.93. The summed E-state index contributed by atoms with van der Waals surface area (Å²) in [6.45, 7) is 4.49. The number of esters is 1. The summed E-state index contributed by atoms with van der Waals surface area (Å²) in [5.41, 5.74) is 1.64. The van der Waals surface area contributed by atoms with Crippen LogP contribution in [0.2, 0.25) is 0 Å². The molecule has 12 nitrogen and oxygen atoms in total. The molecular formula is C27H40N2O10. The second-order valence-electron chi connectivity index (χ2n) is 8.57. The first-order chi connectivity index (χ1) is 19.0. The Kier molecular flexibility index (Phi) is 16.6. The Hall–Kier alpha value is -2.90. The Morgan fingerprint density at radius 3 is 1.72 bits per heavy atom. The molecule has 1 aromatic carbocycles. The van der Waals surface area contributed by atoms with Crippen molar-refractivity contribution in [2.24, 2.45) is 0 Å². The number of β-lactam (4-membered cyclic amide) rings is 1. The molecular weight excluding hydrogens is 512 g/mol. The number of ether oxygens (including phenoxy) is 6. The van der Waals surface area contributed by atoms with Crippen LogP contribution in [0.5, 0.6) is 0 Å². The molecule has 1 aliphatic rings. The van der Waals surface area contributed by atoms with Crippen LogP contribution in [0, 0.1) is 0 Å². The van der Waals surface area contributed by atoms with Crippen molar-refractivity contribution in [3.05, 3.63) is 29.8 Å². The first kappa shape index (κ1) is 32.3. The molecule has 0 radical (unpaired) electrons. The molecule has 1 aliphatic heterocycles. The highest BCUT2D eigenvalue weighted by Gasteiger charge is 2.29. The van der Waals surface area contributed by atoms with Crippen LogP contribution in [0.4, 0.5) is 5.69 Å². The van der Waals surface area contributed by atoms with E-state index < -0.39 is 0 Å². The van der Waals surface area contributed by atoms with Crippen molar-refractivity contribution in [3.63, 3.8) is 0 Å². The van der Waals surface area contributed by atoms with Gasteiger partial charge in [0.2, 0.25) is 17.7 Å². The van der Waals surface area contributed by atoms with Crippen molar-refractivity contribution in [1.29, 1.82) is 0 Å². The van der Waals surface area contributed by atoms with Gasteiger partial charge in [-0.2, -0.15) is 0 Å². The summed E-state index contributed by atoms with van der Waals surface area (Å²) in [4.78, 5) is 47.5. The number of carbonyl (C=O) groups is 4. The van der Waals surface area contributed by atoms with Crippen molar-refractivity contribution in [2.45, 2.75) is 32.1 Å². The number of benzene rings is 1. The maximum absolute atomic E-state index is 12.1. The highest BCUT2D eigenvalue weighted by molar-refractivity contribution is 5.99. The minimum Gasteiger partial charge on any atom is -0.469 e. The summed E-state index contributed by atoms with van der Waals surface area (Å²) < 4.78 is 31.4. The van der Waals surface area contributed by atoms with E-state index in [0.717, 1.165) is 5.56 Å². The fourth-order valence-electron chi connectivity index (χ4n) is 3.35. The molecule has 218 valence electrons. The summed E-state index contributed by atoms with van der Waals surface area (Å²) in [7, 11) is 1.34. The standard InChI is InChI=1S/C27H40N2O10/c1-34-27(33)10-13-36-15-17-38-19-21-39-20-18-37-16-14-35-12-9-24(30)28-23-5-2-22(3-6-23)4-7-25(31)29-11-8-26(29)32/h2-3,5-6H,4,7-21H2,1H3,(H,28,30). The lowest BCUT2D eigenvalue weighted by molar-refractivity contribution is -0.152. The molecule has 39 heavy (non-hydrogen) atoms. The van der Waals surface area contributed by atoms with Gasteiger partial charge >= 0.3 is 5.97 Å². The van der Waals surface area contributed by atoms with E-state index in [4.69, 9.17) is 23.7 Å². The minimum atomic E-state index is -0.299. The molecule has 1 fully saturated rings. The zero-order valence-corrected chi connectivity index (χ0v) is 22.7. The van der Waals surface area contributed by atoms with E-state index in [9.17, 15) is 19.2 Å². The minimum absolute atomic E-state index is 0.104. The molecule has 0 unspecified atom stereocenters. The van der Waals surface area contributed by atoms with Crippen LogP contribution in [0.3, 0.4) is 0 Å². The molecule has 0 aliphatic carbocycles. The van der Waals surface area contributed by atoms with Crippen molar-refractivity contribution in [1.82, 2.24) is 4.90 Å². The van der Waals surface area contributed by atoms with Crippen LogP contribution in [0.1, 0.15) is 31.2 Å². The number of hydrogen-bond acceptors (Lipinski definition) is 10. The molecule has 2 rings (SSSR count). The number of carbonyl (C=O) groups excluding carboxylic acids is 4. The van der Waals surface area contributed by atoms with E-state index in [0.29, 0.717) is 91.0 Å². The fraction of sp³-hybridized carbons (Fsp3) is 0.630. The van der Waals surface area contributed by atoms with Crippen molar-refractivity contribution in [3.8, 4) is 0 Å². The molecule has 0 spiro atoms. The third-order valence-electron chi connectivity index (χ3n) is 5.66. The molecule has 1 N–H and O–H groups in total. The molecule has 1 heterocycles. The number of likely N-dealkylation sites (tertiary alicyclic amines) is 1. The van der Waals surface area contributed by atoms with E-state index in [2.05, 4.69) is 10.1 Å². The van der Waals surface area contributed by atoms with Crippen LogP contribution in [-0.2, 0) is 54.0 Å². The number of nitrogens with zero attached hydrogens (tertiary/aromatic N) is 1. The van der Waals surface area contributed by atoms with Gasteiger partial charge in [-0.1, -0.05) is 12.1 Å². The first-order valence-electron chi connectivity index (χ1n) is 13.2. The van der Waals surface area contributed by atoms with Crippen LogP contribution < -0.4 is 5.32 Å². The second kappa shape index (κ2) is 20.1. The highest BCUT2D eigenvalue weighted by atomic mass is 16.6. The van der Waals surface area contributed by atoms with Gasteiger partial charge in [0.1, 0.15) is 0 Å². The summed E-state index contributed by atoms with van der Waals surface area (Å²) >= 11 is 0. The number of nitrogens with one attached hydrogen (secondary N) is 1. The Morgan fingerprint density at radius 1 is 0.744 bits per heavy atom. The molecule has 1 saturated heterocycles. The third kappa shape index (κ3) is 14.7. The van der Waals surface area contributed by atoms with E-state index in [1.807, 2.05) is 12.1 Å². The first-order valence-corrected chi connectivity index (χ1v) is 13.2. The number of amides is 3. The summed E-state index contributed by atoms with van der Waals surface area (Å²) in [6.07, 6.45) is 1.74. The van der Waals surface area contributed by atoms with Gasteiger partial charge in [-0.05, 0) is 24.1 Å². The molecule has 0 saturated carbocycles. The van der Waals surface area contributed by atoms with E-state index in [1.54, 1.807) is 12.1 Å². The number of hydrogen-bond donors (Lipinski definition) is 1. The fourth-order valence-corrected chi connectivity index (χ4v) is 3.35. The maximum Gasteiger partial charge on any atom is 0.307 e. The Bertz CT molecular complexity index is 878. The van der Waals surface area contributed by atoms with Gasteiger partial charge < -0.3 is 33.7 Å². The molecule has 0 atom stereocenters. The van der Waals surface area contributed by atoms with Gasteiger partial charge in [0.25, 0.3) is 0 Å². The summed E-state index contributed by atoms with van der Waals surface area (Å²) in [5.74, 6) is -0.698. The predicted octanol–water partition coefficient (Wildman–Crippen LogP) is 1.35. The molecule has 12 heteroatoms. The zero-order valence-electron chi connectivity index (χ0n) is 22.7. The highest BCUT2D eigenvalue weighted by Crippen LogP contribution is 2.14. The van der Waals surface area contributed by atoms with Crippen LogP contribution in [-0.4, -0.2) is 108 Å². The van der Waals surface area contributed by atoms with Crippen molar-refractivity contribution >= 4 is 29.4 Å². The smallest absolute Gasteiger partial charge is 0.307 e. The topological polar surface area (TPSA) is 139 Å². The third-order valence-corrected chi connectivity index (χ3v) is 5.66. The number of anilines is 1. The normalized spacial score (nSPS) is 12.7. The molecule has 0 aromatic heterocycles. The van der Waals surface area contributed by atoms with E-state index in [-0.39, 0.29) is 43.1 Å². The Labute approximate surface area is 229 Å². The number of rotatable bonds is 22. The lowest BCUT2D eigenvalue weighted by atomic mass is 10.1.